The Morgan fingerprint density at radius 3 is 2.33 bits per heavy atom. The maximum atomic E-state index is 11.8. The quantitative estimate of drug-likeness (QED) is 0.552. The fourth-order valence-corrected chi connectivity index (χ4v) is 1.76. The number of carboxylic acids is 1. The number of primary amides is 1. The summed E-state index contributed by atoms with van der Waals surface area (Å²) in [5.41, 5.74) is 5.50. The van der Waals surface area contributed by atoms with Crippen molar-refractivity contribution < 1.29 is 19.5 Å². The van der Waals surface area contributed by atoms with Crippen molar-refractivity contribution in [3.05, 3.63) is 18.0 Å². The number of nitrogens with one attached hydrogen (secondary N) is 2. The average Bonchev–Trinajstić information content (AvgIpc) is 2.78. The van der Waals surface area contributed by atoms with Crippen molar-refractivity contribution in [1.82, 2.24) is 20.4 Å². The summed E-state index contributed by atoms with van der Waals surface area (Å²) >= 11 is 0. The zero-order valence-corrected chi connectivity index (χ0v) is 12.0. The highest BCUT2D eigenvalue weighted by Gasteiger charge is 2.27. The molecule has 9 nitrogen and oxygen atoms in total. The first-order chi connectivity index (χ1) is 9.72. The van der Waals surface area contributed by atoms with Crippen LogP contribution >= 0.6 is 0 Å². The number of rotatable bonds is 6. The molecule has 1 heterocycles. The Balaban J connectivity index is 2.78. The second-order valence-electron chi connectivity index (χ2n) is 4.96. The van der Waals surface area contributed by atoms with Gasteiger partial charge in [-0.25, -0.2) is 9.59 Å². The lowest BCUT2D eigenvalue weighted by molar-refractivity contribution is -0.139. The van der Waals surface area contributed by atoms with Crippen LogP contribution in [0.2, 0.25) is 0 Å². The standard InChI is InChI=1S/C12H19N5O4/c1-6(2)8(10(13)18)15-12(21)16-9(11(19)20)7-4-14-17(3)5-7/h4-6,8-9H,1-3H3,(H2,13,18)(H,19,20)(H2,15,16,21). The first-order valence-electron chi connectivity index (χ1n) is 6.30. The van der Waals surface area contributed by atoms with Crippen molar-refractivity contribution >= 4 is 17.9 Å². The second-order valence-corrected chi connectivity index (χ2v) is 4.96. The Kier molecular flexibility index (Phi) is 5.28. The zero-order valence-electron chi connectivity index (χ0n) is 12.0. The van der Waals surface area contributed by atoms with Crippen molar-refractivity contribution in [2.75, 3.05) is 0 Å². The summed E-state index contributed by atoms with van der Waals surface area (Å²) in [6, 6.07) is -2.93. The van der Waals surface area contributed by atoms with Crippen molar-refractivity contribution in [2.45, 2.75) is 25.9 Å². The van der Waals surface area contributed by atoms with Crippen LogP contribution in [-0.4, -0.2) is 38.8 Å². The van der Waals surface area contributed by atoms with E-state index in [1.54, 1.807) is 20.9 Å². The third-order valence-corrected chi connectivity index (χ3v) is 2.84. The molecule has 9 heteroatoms. The zero-order chi connectivity index (χ0) is 16.2. The summed E-state index contributed by atoms with van der Waals surface area (Å²) < 4.78 is 1.42. The van der Waals surface area contributed by atoms with Gasteiger partial charge in [-0.15, -0.1) is 0 Å². The lowest BCUT2D eigenvalue weighted by Crippen LogP contribution is -2.52. The number of carbonyl (C=O) groups is 3. The molecule has 21 heavy (non-hydrogen) atoms. The smallest absolute Gasteiger partial charge is 0.331 e. The molecule has 0 saturated heterocycles. The molecule has 0 fully saturated rings. The van der Waals surface area contributed by atoms with Gasteiger partial charge in [0.15, 0.2) is 6.04 Å². The van der Waals surface area contributed by atoms with Gasteiger partial charge in [-0.1, -0.05) is 13.8 Å². The molecule has 1 aromatic heterocycles. The predicted octanol–water partition coefficient (Wildman–Crippen LogP) is -0.645. The normalized spacial score (nSPS) is 13.5. The number of aromatic nitrogens is 2. The number of aliphatic carboxylic acids is 1. The molecule has 0 aliphatic heterocycles. The van der Waals surface area contributed by atoms with E-state index in [-0.39, 0.29) is 5.92 Å². The molecule has 0 aliphatic carbocycles. The van der Waals surface area contributed by atoms with Crippen LogP contribution in [0.25, 0.3) is 0 Å². The van der Waals surface area contributed by atoms with Gasteiger partial charge in [0.25, 0.3) is 0 Å². The highest BCUT2D eigenvalue weighted by Crippen LogP contribution is 2.12. The Morgan fingerprint density at radius 2 is 1.95 bits per heavy atom. The molecule has 0 aromatic carbocycles. The van der Waals surface area contributed by atoms with E-state index in [1.165, 1.54) is 17.1 Å². The van der Waals surface area contributed by atoms with Gasteiger partial charge in [-0.3, -0.25) is 9.48 Å². The Labute approximate surface area is 121 Å². The van der Waals surface area contributed by atoms with Gasteiger partial charge in [-0.2, -0.15) is 5.10 Å². The van der Waals surface area contributed by atoms with Crippen molar-refractivity contribution in [3.63, 3.8) is 0 Å². The number of aryl methyl sites for hydroxylation is 1. The number of nitrogens with zero attached hydrogens (tertiary/aromatic N) is 2. The summed E-state index contributed by atoms with van der Waals surface area (Å²) in [4.78, 5) is 34.3. The fraction of sp³-hybridized carbons (Fsp3) is 0.500. The van der Waals surface area contributed by atoms with Crippen LogP contribution in [0.5, 0.6) is 0 Å². The summed E-state index contributed by atoms with van der Waals surface area (Å²) in [7, 11) is 1.63. The predicted molar refractivity (Wildman–Crippen MR) is 73.1 cm³/mol. The lowest BCUT2D eigenvalue weighted by atomic mass is 10.0. The van der Waals surface area contributed by atoms with Gasteiger partial charge >= 0.3 is 12.0 Å². The third-order valence-electron chi connectivity index (χ3n) is 2.84. The van der Waals surface area contributed by atoms with Crippen LogP contribution in [0.15, 0.2) is 12.4 Å². The molecule has 5 N–H and O–H groups in total. The van der Waals surface area contributed by atoms with Crippen molar-refractivity contribution in [3.8, 4) is 0 Å². The van der Waals surface area contributed by atoms with Crippen molar-refractivity contribution in [1.29, 1.82) is 0 Å². The van der Waals surface area contributed by atoms with E-state index in [4.69, 9.17) is 10.8 Å². The molecule has 0 aliphatic rings. The largest absolute Gasteiger partial charge is 0.479 e. The topological polar surface area (TPSA) is 139 Å². The number of amides is 3. The molecular formula is C12H19N5O4. The van der Waals surface area contributed by atoms with Crippen LogP contribution < -0.4 is 16.4 Å². The minimum atomic E-state index is -1.26. The third kappa shape index (κ3) is 4.48. The Hall–Kier alpha value is -2.58. The van der Waals surface area contributed by atoms with Gasteiger partial charge in [-0.05, 0) is 5.92 Å². The van der Waals surface area contributed by atoms with Crippen LogP contribution in [0.3, 0.4) is 0 Å². The van der Waals surface area contributed by atoms with E-state index in [0.717, 1.165) is 0 Å². The maximum Gasteiger partial charge on any atom is 0.331 e. The summed E-state index contributed by atoms with van der Waals surface area (Å²) in [5, 5.41) is 17.7. The van der Waals surface area contributed by atoms with Crippen LogP contribution in [-0.2, 0) is 16.6 Å². The molecule has 0 radical (unpaired) electrons. The monoisotopic (exact) mass is 297 g/mol. The number of carbonyl (C=O) groups excluding carboxylic acids is 2. The van der Waals surface area contributed by atoms with Gasteiger partial charge < -0.3 is 21.5 Å². The number of carboxylic acid groups (broad SMARTS) is 1. The molecule has 0 spiro atoms. The SMILES string of the molecule is CC(C)C(NC(=O)NC(C(=O)O)c1cnn(C)c1)C(N)=O. The summed E-state index contributed by atoms with van der Waals surface area (Å²) in [6.45, 7) is 3.43. The first kappa shape index (κ1) is 16.5. The van der Waals surface area contributed by atoms with E-state index >= 15 is 0 Å². The first-order valence-corrected chi connectivity index (χ1v) is 6.30. The van der Waals surface area contributed by atoms with Crippen LogP contribution in [0, 0.1) is 5.92 Å². The number of nitrogens with two attached hydrogens (primary N) is 1. The summed E-state index contributed by atoms with van der Waals surface area (Å²) in [6.07, 6.45) is 2.82. The van der Waals surface area contributed by atoms with Crippen LogP contribution in [0.1, 0.15) is 25.5 Å². The van der Waals surface area contributed by atoms with Crippen LogP contribution in [0.4, 0.5) is 4.79 Å². The number of hydrogen-bond acceptors (Lipinski definition) is 4. The minimum Gasteiger partial charge on any atom is -0.479 e. The molecule has 116 valence electrons. The van der Waals surface area contributed by atoms with E-state index < -0.39 is 30.0 Å². The number of urea groups is 1. The van der Waals surface area contributed by atoms with Gasteiger partial charge in [0.05, 0.1) is 6.20 Å². The molecular weight excluding hydrogens is 278 g/mol. The van der Waals surface area contributed by atoms with E-state index in [9.17, 15) is 14.4 Å². The second kappa shape index (κ2) is 6.73. The van der Waals surface area contributed by atoms with Gasteiger partial charge in [0.2, 0.25) is 5.91 Å². The van der Waals surface area contributed by atoms with Gasteiger partial charge in [0, 0.05) is 18.8 Å². The fourth-order valence-electron chi connectivity index (χ4n) is 1.76. The highest BCUT2D eigenvalue weighted by atomic mass is 16.4. The van der Waals surface area contributed by atoms with Gasteiger partial charge in [0.1, 0.15) is 6.04 Å². The molecule has 0 bridgehead atoms. The molecule has 1 aromatic rings. The molecule has 1 rings (SSSR count). The van der Waals surface area contributed by atoms with E-state index in [0.29, 0.717) is 5.56 Å². The summed E-state index contributed by atoms with van der Waals surface area (Å²) in [5.74, 6) is -2.14. The average molecular weight is 297 g/mol. The lowest BCUT2D eigenvalue weighted by Gasteiger charge is -2.21. The maximum absolute atomic E-state index is 11.8. The Bertz CT molecular complexity index is 540. The van der Waals surface area contributed by atoms with E-state index in [2.05, 4.69) is 15.7 Å². The molecule has 2 atom stereocenters. The minimum absolute atomic E-state index is 0.213. The molecule has 2 unspecified atom stereocenters. The molecule has 3 amide bonds. The Morgan fingerprint density at radius 1 is 1.33 bits per heavy atom. The van der Waals surface area contributed by atoms with Crippen molar-refractivity contribution in [2.24, 2.45) is 18.7 Å². The van der Waals surface area contributed by atoms with E-state index in [1.807, 2.05) is 0 Å². The highest BCUT2D eigenvalue weighted by molar-refractivity contribution is 5.88. The molecule has 0 saturated carbocycles. The number of hydrogen-bond donors (Lipinski definition) is 4.